The third-order valence-electron chi connectivity index (χ3n) is 7.51. The van der Waals surface area contributed by atoms with E-state index in [4.69, 9.17) is 23.4 Å². The summed E-state index contributed by atoms with van der Waals surface area (Å²) in [6, 6.07) is 3.53. The third-order valence-corrected chi connectivity index (χ3v) is 7.51. The van der Waals surface area contributed by atoms with E-state index in [-0.39, 0.29) is 28.6 Å². The van der Waals surface area contributed by atoms with Crippen LogP contribution in [0.3, 0.4) is 0 Å². The normalized spacial score (nSPS) is 29.9. The molecule has 42 heavy (non-hydrogen) atoms. The highest BCUT2D eigenvalue weighted by Gasteiger charge is 2.46. The van der Waals surface area contributed by atoms with Gasteiger partial charge in [0.2, 0.25) is 5.75 Å². The van der Waals surface area contributed by atoms with Crippen molar-refractivity contribution < 1.29 is 69.3 Å². The van der Waals surface area contributed by atoms with Crippen LogP contribution >= 0.6 is 0 Å². The molecular formula is C27H30O15. The molecule has 0 aliphatic carbocycles. The van der Waals surface area contributed by atoms with Crippen LogP contribution in [0.4, 0.5) is 0 Å². The zero-order chi connectivity index (χ0) is 30.6. The summed E-state index contributed by atoms with van der Waals surface area (Å²) in [7, 11) is 2.61. The number of phenolic OH excluding ortho intramolecular Hbond substituents is 3. The average molecular weight is 595 g/mol. The molecule has 3 aromatic rings. The van der Waals surface area contributed by atoms with Gasteiger partial charge in [0.25, 0.3) is 0 Å². The zero-order valence-corrected chi connectivity index (χ0v) is 22.2. The monoisotopic (exact) mass is 594 g/mol. The van der Waals surface area contributed by atoms with Crippen molar-refractivity contribution >= 4 is 11.0 Å². The molecule has 0 radical (unpaired) electrons. The highest BCUT2D eigenvalue weighted by Crippen LogP contribution is 2.50. The SMILES string of the molecule is COc1cc(-c2cc(=O)c3c(O)c(C4OCC(O)C(O)C4O)c(O)c(C4OCC(O)C(O)C4O)c3o2)cc(O)c1OC. The zero-order valence-electron chi connectivity index (χ0n) is 22.2. The molecule has 2 aromatic carbocycles. The van der Waals surface area contributed by atoms with Crippen molar-refractivity contribution in [1.29, 1.82) is 0 Å². The summed E-state index contributed by atoms with van der Waals surface area (Å²) in [4.78, 5) is 13.5. The second-order valence-corrected chi connectivity index (χ2v) is 10.0. The summed E-state index contributed by atoms with van der Waals surface area (Å²) in [6.07, 6.45) is -13.6. The van der Waals surface area contributed by atoms with Crippen molar-refractivity contribution in [2.24, 2.45) is 0 Å². The number of ether oxygens (including phenoxy) is 4. The van der Waals surface area contributed by atoms with Gasteiger partial charge in [0.1, 0.15) is 71.5 Å². The average Bonchev–Trinajstić information content (AvgIpc) is 2.96. The number of phenols is 3. The number of fused-ring (bicyclic) bond motifs is 1. The van der Waals surface area contributed by atoms with Crippen LogP contribution < -0.4 is 14.9 Å². The number of rotatable bonds is 5. The lowest BCUT2D eigenvalue weighted by Crippen LogP contribution is -2.49. The van der Waals surface area contributed by atoms with Crippen molar-refractivity contribution in [2.75, 3.05) is 27.4 Å². The Morgan fingerprint density at radius 3 is 1.86 bits per heavy atom. The Morgan fingerprint density at radius 1 is 0.738 bits per heavy atom. The second kappa shape index (κ2) is 11.2. The summed E-state index contributed by atoms with van der Waals surface area (Å²) < 4.78 is 27.3. The Hall–Kier alpha value is -3.67. The maximum Gasteiger partial charge on any atom is 0.203 e. The van der Waals surface area contributed by atoms with E-state index < -0.39 is 101 Å². The molecule has 8 atom stereocenters. The van der Waals surface area contributed by atoms with E-state index in [9.17, 15) is 50.8 Å². The molecule has 0 amide bonds. The summed E-state index contributed by atoms with van der Waals surface area (Å²) in [5.74, 6) is -2.30. The van der Waals surface area contributed by atoms with Crippen LogP contribution in [0.1, 0.15) is 23.3 Å². The Labute approximate surface area is 236 Å². The number of benzene rings is 2. The first-order valence-corrected chi connectivity index (χ1v) is 12.7. The van der Waals surface area contributed by atoms with Gasteiger partial charge in [-0.25, -0.2) is 0 Å². The fourth-order valence-corrected chi connectivity index (χ4v) is 5.29. The lowest BCUT2D eigenvalue weighted by Gasteiger charge is -2.38. The van der Waals surface area contributed by atoms with E-state index in [1.807, 2.05) is 0 Å². The Kier molecular flexibility index (Phi) is 7.95. The molecule has 5 rings (SSSR count). The summed E-state index contributed by atoms with van der Waals surface area (Å²) >= 11 is 0. The van der Waals surface area contributed by atoms with Gasteiger partial charge in [-0.2, -0.15) is 0 Å². The van der Waals surface area contributed by atoms with Crippen molar-refractivity contribution in [2.45, 2.75) is 48.8 Å². The van der Waals surface area contributed by atoms with Gasteiger partial charge < -0.3 is 69.3 Å². The summed E-state index contributed by atoms with van der Waals surface area (Å²) in [5.41, 5.74) is -2.35. The molecule has 2 fully saturated rings. The first kappa shape index (κ1) is 29.8. The predicted molar refractivity (Wildman–Crippen MR) is 139 cm³/mol. The number of aliphatic hydroxyl groups excluding tert-OH is 6. The van der Waals surface area contributed by atoms with Gasteiger partial charge in [-0.1, -0.05) is 0 Å². The molecule has 228 valence electrons. The van der Waals surface area contributed by atoms with Crippen LogP contribution in [-0.4, -0.2) is 110 Å². The highest BCUT2D eigenvalue weighted by atomic mass is 16.5. The molecule has 15 nitrogen and oxygen atoms in total. The smallest absolute Gasteiger partial charge is 0.203 e. The Bertz CT molecular complexity index is 1550. The van der Waals surface area contributed by atoms with E-state index in [0.717, 1.165) is 6.07 Å². The highest BCUT2D eigenvalue weighted by molar-refractivity contribution is 5.92. The standard InChI is InChI=1S/C27H30O15/c1-38-14-4-8(3-10(29)24(14)39-2)13-5-9(28)15-20(34)16(26-22(36)18(32)11(30)6-40-26)21(35)17(25(15)42-13)27-23(37)19(33)12(31)7-41-27/h3-5,11-12,18-19,22-23,26-27,29-37H,6-7H2,1-2H3. The molecule has 3 heterocycles. The number of methoxy groups -OCH3 is 2. The van der Waals surface area contributed by atoms with E-state index in [1.165, 1.54) is 26.4 Å². The largest absolute Gasteiger partial charge is 0.507 e. The van der Waals surface area contributed by atoms with Crippen molar-refractivity contribution in [3.05, 3.63) is 39.5 Å². The van der Waals surface area contributed by atoms with Gasteiger partial charge in [-0.05, 0) is 12.1 Å². The third kappa shape index (κ3) is 4.69. The van der Waals surface area contributed by atoms with Crippen LogP contribution in [0.2, 0.25) is 0 Å². The molecule has 2 aliphatic rings. The number of aromatic hydroxyl groups is 3. The van der Waals surface area contributed by atoms with Crippen LogP contribution in [-0.2, 0) is 9.47 Å². The fraction of sp³-hybridized carbons (Fsp3) is 0.444. The van der Waals surface area contributed by atoms with Crippen molar-refractivity contribution in [3.63, 3.8) is 0 Å². The van der Waals surface area contributed by atoms with Crippen LogP contribution in [0.25, 0.3) is 22.3 Å². The van der Waals surface area contributed by atoms with Crippen LogP contribution in [0.15, 0.2) is 27.4 Å². The number of hydrogen-bond donors (Lipinski definition) is 9. The van der Waals surface area contributed by atoms with E-state index in [0.29, 0.717) is 0 Å². The van der Waals surface area contributed by atoms with E-state index >= 15 is 0 Å². The lowest BCUT2D eigenvalue weighted by atomic mass is 9.87. The number of aliphatic hydroxyl groups is 6. The Morgan fingerprint density at radius 2 is 1.31 bits per heavy atom. The minimum absolute atomic E-state index is 0.00498. The van der Waals surface area contributed by atoms with Gasteiger partial charge in [0, 0.05) is 11.6 Å². The quantitative estimate of drug-likeness (QED) is 0.170. The molecule has 15 heteroatoms. The van der Waals surface area contributed by atoms with Gasteiger partial charge in [-0.15, -0.1) is 0 Å². The maximum absolute atomic E-state index is 13.5. The van der Waals surface area contributed by atoms with Crippen molar-refractivity contribution in [3.8, 4) is 40.1 Å². The molecular weight excluding hydrogens is 564 g/mol. The molecule has 2 saturated heterocycles. The second-order valence-electron chi connectivity index (χ2n) is 10.0. The first-order chi connectivity index (χ1) is 19.9. The minimum atomic E-state index is -1.89. The molecule has 9 N–H and O–H groups in total. The Balaban J connectivity index is 1.81. The topological polar surface area (TPSA) is 249 Å². The maximum atomic E-state index is 13.5. The molecule has 0 spiro atoms. The van der Waals surface area contributed by atoms with Gasteiger partial charge in [0.05, 0.1) is 38.6 Å². The van der Waals surface area contributed by atoms with Gasteiger partial charge >= 0.3 is 0 Å². The van der Waals surface area contributed by atoms with E-state index in [1.54, 1.807) is 0 Å². The van der Waals surface area contributed by atoms with Crippen LogP contribution in [0, 0.1) is 0 Å². The first-order valence-electron chi connectivity index (χ1n) is 12.7. The van der Waals surface area contributed by atoms with E-state index in [2.05, 4.69) is 0 Å². The molecule has 0 saturated carbocycles. The van der Waals surface area contributed by atoms with Gasteiger partial charge in [-0.3, -0.25) is 4.79 Å². The molecule has 2 aliphatic heterocycles. The summed E-state index contributed by atoms with van der Waals surface area (Å²) in [5, 5.41) is 94.5. The summed E-state index contributed by atoms with van der Waals surface area (Å²) in [6.45, 7) is -1.03. The molecule has 0 bridgehead atoms. The fourth-order valence-electron chi connectivity index (χ4n) is 5.29. The molecule has 1 aromatic heterocycles. The van der Waals surface area contributed by atoms with Crippen LogP contribution in [0.5, 0.6) is 28.7 Å². The lowest BCUT2D eigenvalue weighted by molar-refractivity contribution is -0.191. The number of hydrogen-bond acceptors (Lipinski definition) is 15. The molecule has 8 unspecified atom stereocenters. The minimum Gasteiger partial charge on any atom is -0.507 e. The van der Waals surface area contributed by atoms with Crippen molar-refractivity contribution in [1.82, 2.24) is 0 Å². The predicted octanol–water partition coefficient (Wildman–Crippen LogP) is -1.10. The van der Waals surface area contributed by atoms with Gasteiger partial charge in [0.15, 0.2) is 22.5 Å².